The Morgan fingerprint density at radius 1 is 0.970 bits per heavy atom. The normalized spacial score (nSPS) is 11.2. The predicted molar refractivity (Wildman–Crippen MR) is 128 cm³/mol. The number of aromatic nitrogens is 4. The van der Waals surface area contributed by atoms with Crippen LogP contribution in [0.25, 0.3) is 27.9 Å². The monoisotopic (exact) mass is 457 g/mol. The third-order valence-electron chi connectivity index (χ3n) is 5.69. The second-order valence-corrected chi connectivity index (χ2v) is 8.34. The molecule has 5 aromatic rings. The number of nitrogens with zero attached hydrogens (tertiary/aromatic N) is 4. The number of hydrogen-bond acceptors (Lipinski definition) is 5. The molecule has 33 heavy (non-hydrogen) atoms. The van der Waals surface area contributed by atoms with Crippen LogP contribution in [0, 0.1) is 20.8 Å². The third-order valence-corrected chi connectivity index (χ3v) is 5.94. The summed E-state index contributed by atoms with van der Waals surface area (Å²) in [5, 5.41) is 16.9. The standard InChI is InChI=1S/C25H20ClN5O2/c1-14-4-9-19(12-15(14)2)27-25(32)23-16(3)31(30-28-23)20-10-11-22-21(13-20)24(33-29-22)17-5-7-18(26)8-6-17/h4-13H,1-3H3,(H,27,32). The van der Waals surface area contributed by atoms with E-state index in [2.05, 4.69) is 20.8 Å². The molecule has 1 N–H and O–H groups in total. The van der Waals surface area contributed by atoms with E-state index in [1.807, 2.05) is 69.3 Å². The first kappa shape index (κ1) is 20.9. The van der Waals surface area contributed by atoms with Crippen LogP contribution in [0.5, 0.6) is 0 Å². The van der Waals surface area contributed by atoms with Gasteiger partial charge in [-0.2, -0.15) is 0 Å². The van der Waals surface area contributed by atoms with Gasteiger partial charge in [0.15, 0.2) is 11.5 Å². The molecule has 1 amide bonds. The van der Waals surface area contributed by atoms with Crippen molar-refractivity contribution < 1.29 is 9.32 Å². The van der Waals surface area contributed by atoms with Crippen LogP contribution in [-0.2, 0) is 0 Å². The predicted octanol–water partition coefficient (Wildman–Crippen LogP) is 5.91. The molecule has 0 atom stereocenters. The van der Waals surface area contributed by atoms with Crippen molar-refractivity contribution in [3.8, 4) is 17.0 Å². The summed E-state index contributed by atoms with van der Waals surface area (Å²) in [5.74, 6) is 0.323. The number of anilines is 1. The maximum absolute atomic E-state index is 12.9. The van der Waals surface area contributed by atoms with E-state index in [0.717, 1.165) is 33.5 Å². The summed E-state index contributed by atoms with van der Waals surface area (Å²) in [6.07, 6.45) is 0. The average Bonchev–Trinajstić information content (AvgIpc) is 3.40. The lowest BCUT2D eigenvalue weighted by molar-refractivity contribution is 0.102. The molecule has 164 valence electrons. The fourth-order valence-corrected chi connectivity index (χ4v) is 3.79. The number of carbonyl (C=O) groups is 1. The topological polar surface area (TPSA) is 85.8 Å². The minimum absolute atomic E-state index is 0.261. The second kappa shape index (κ2) is 8.18. The minimum atomic E-state index is -0.310. The van der Waals surface area contributed by atoms with Gasteiger partial charge in [0.2, 0.25) is 0 Å². The van der Waals surface area contributed by atoms with Crippen molar-refractivity contribution in [1.29, 1.82) is 0 Å². The van der Waals surface area contributed by atoms with Crippen LogP contribution in [0.3, 0.4) is 0 Å². The van der Waals surface area contributed by atoms with Gasteiger partial charge in [-0.25, -0.2) is 4.68 Å². The van der Waals surface area contributed by atoms with Crippen molar-refractivity contribution in [3.05, 3.63) is 88.2 Å². The number of rotatable bonds is 4. The van der Waals surface area contributed by atoms with Crippen LogP contribution in [0.15, 0.2) is 65.2 Å². The highest BCUT2D eigenvalue weighted by atomic mass is 35.5. The molecule has 3 aromatic carbocycles. The Morgan fingerprint density at radius 2 is 1.76 bits per heavy atom. The first-order chi connectivity index (χ1) is 15.9. The van der Waals surface area contributed by atoms with E-state index >= 15 is 0 Å². The van der Waals surface area contributed by atoms with E-state index in [-0.39, 0.29) is 11.6 Å². The van der Waals surface area contributed by atoms with E-state index in [1.54, 1.807) is 16.8 Å². The van der Waals surface area contributed by atoms with E-state index in [9.17, 15) is 4.79 Å². The largest absolute Gasteiger partial charge is 0.355 e. The first-order valence-electron chi connectivity index (χ1n) is 10.4. The number of aryl methyl sites for hydroxylation is 2. The summed E-state index contributed by atoms with van der Waals surface area (Å²) in [6.45, 7) is 5.85. The van der Waals surface area contributed by atoms with Gasteiger partial charge in [-0.3, -0.25) is 4.79 Å². The number of fused-ring (bicyclic) bond motifs is 1. The van der Waals surface area contributed by atoms with E-state index in [4.69, 9.17) is 16.1 Å². The third kappa shape index (κ3) is 3.87. The molecule has 0 spiro atoms. The molecule has 0 bridgehead atoms. The summed E-state index contributed by atoms with van der Waals surface area (Å²) < 4.78 is 7.22. The molecule has 0 aliphatic carbocycles. The molecule has 2 heterocycles. The van der Waals surface area contributed by atoms with Crippen LogP contribution < -0.4 is 5.32 Å². The molecule has 0 aliphatic rings. The second-order valence-electron chi connectivity index (χ2n) is 7.91. The molecular weight excluding hydrogens is 438 g/mol. The Labute approximate surface area is 195 Å². The Morgan fingerprint density at radius 3 is 2.52 bits per heavy atom. The Balaban J connectivity index is 1.48. The average molecular weight is 458 g/mol. The SMILES string of the molecule is Cc1ccc(NC(=O)c2nnn(-c3ccc4noc(-c5ccc(Cl)cc5)c4c3)c2C)cc1C. The van der Waals surface area contributed by atoms with E-state index < -0.39 is 0 Å². The minimum Gasteiger partial charge on any atom is -0.355 e. The highest BCUT2D eigenvalue weighted by Gasteiger charge is 2.19. The fourth-order valence-electron chi connectivity index (χ4n) is 3.66. The van der Waals surface area contributed by atoms with Crippen molar-refractivity contribution in [2.24, 2.45) is 0 Å². The van der Waals surface area contributed by atoms with Crippen LogP contribution in [0.2, 0.25) is 5.02 Å². The van der Waals surface area contributed by atoms with Crippen molar-refractivity contribution in [3.63, 3.8) is 0 Å². The molecule has 0 unspecified atom stereocenters. The van der Waals surface area contributed by atoms with E-state index in [0.29, 0.717) is 22.0 Å². The lowest BCUT2D eigenvalue weighted by Gasteiger charge is -2.07. The molecule has 8 heteroatoms. The van der Waals surface area contributed by atoms with Crippen LogP contribution in [0.4, 0.5) is 5.69 Å². The smallest absolute Gasteiger partial charge is 0.278 e. The van der Waals surface area contributed by atoms with Gasteiger partial charge in [-0.1, -0.05) is 28.0 Å². The molecule has 5 rings (SSSR count). The molecule has 2 aromatic heterocycles. The van der Waals surface area contributed by atoms with Gasteiger partial charge in [-0.05, 0) is 86.5 Å². The van der Waals surface area contributed by atoms with E-state index in [1.165, 1.54) is 0 Å². The van der Waals surface area contributed by atoms with Crippen LogP contribution in [-0.4, -0.2) is 26.1 Å². The summed E-state index contributed by atoms with van der Waals surface area (Å²) in [4.78, 5) is 12.9. The zero-order valence-electron chi connectivity index (χ0n) is 18.3. The molecule has 7 nitrogen and oxygen atoms in total. The zero-order valence-corrected chi connectivity index (χ0v) is 19.0. The maximum atomic E-state index is 12.9. The molecule has 0 aliphatic heterocycles. The molecule has 0 radical (unpaired) electrons. The Hall–Kier alpha value is -3.97. The number of nitrogens with one attached hydrogen (secondary N) is 1. The fraction of sp³-hybridized carbons (Fsp3) is 0.120. The van der Waals surface area contributed by atoms with Crippen molar-refractivity contribution in [2.45, 2.75) is 20.8 Å². The van der Waals surface area contributed by atoms with Gasteiger partial charge in [0.05, 0.1) is 16.8 Å². The number of carbonyl (C=O) groups excluding carboxylic acids is 1. The van der Waals surface area contributed by atoms with Gasteiger partial charge in [0.25, 0.3) is 5.91 Å². The number of hydrogen-bond donors (Lipinski definition) is 1. The van der Waals surface area contributed by atoms with Gasteiger partial charge in [0.1, 0.15) is 5.52 Å². The van der Waals surface area contributed by atoms with Crippen LogP contribution >= 0.6 is 11.6 Å². The molecule has 0 saturated heterocycles. The lowest BCUT2D eigenvalue weighted by Crippen LogP contribution is -2.14. The molecule has 0 fully saturated rings. The Bertz CT molecular complexity index is 1500. The van der Waals surface area contributed by atoms with Gasteiger partial charge in [-0.15, -0.1) is 5.10 Å². The van der Waals surface area contributed by atoms with Gasteiger partial charge < -0.3 is 9.84 Å². The Kier molecular flexibility index (Phi) is 5.18. The van der Waals surface area contributed by atoms with Gasteiger partial charge in [0, 0.05) is 16.3 Å². The van der Waals surface area contributed by atoms with Crippen molar-refractivity contribution in [2.75, 3.05) is 5.32 Å². The van der Waals surface area contributed by atoms with Crippen molar-refractivity contribution >= 4 is 34.1 Å². The molecular formula is C25H20ClN5O2. The number of benzene rings is 3. The van der Waals surface area contributed by atoms with Crippen LogP contribution in [0.1, 0.15) is 27.3 Å². The summed E-state index contributed by atoms with van der Waals surface area (Å²) in [7, 11) is 0. The zero-order chi connectivity index (χ0) is 23.1. The maximum Gasteiger partial charge on any atom is 0.278 e. The first-order valence-corrected chi connectivity index (χ1v) is 10.7. The summed E-state index contributed by atoms with van der Waals surface area (Å²) >= 11 is 6.01. The highest BCUT2D eigenvalue weighted by molar-refractivity contribution is 6.30. The quantitative estimate of drug-likeness (QED) is 0.362. The molecule has 0 saturated carbocycles. The number of amides is 1. The summed E-state index contributed by atoms with van der Waals surface area (Å²) in [6, 6.07) is 18.8. The van der Waals surface area contributed by atoms with Gasteiger partial charge >= 0.3 is 0 Å². The number of halogens is 1. The lowest BCUT2D eigenvalue weighted by atomic mass is 10.1. The van der Waals surface area contributed by atoms with Crippen molar-refractivity contribution in [1.82, 2.24) is 20.2 Å². The highest BCUT2D eigenvalue weighted by Crippen LogP contribution is 2.31. The summed E-state index contributed by atoms with van der Waals surface area (Å²) in [5.41, 5.74) is 6.20.